The van der Waals surface area contributed by atoms with Crippen LogP contribution in [0.5, 0.6) is 0 Å². The number of amides is 2. The van der Waals surface area contributed by atoms with E-state index in [4.69, 9.17) is 0 Å². The van der Waals surface area contributed by atoms with Gasteiger partial charge in [-0.15, -0.1) is 10.2 Å². The van der Waals surface area contributed by atoms with Crippen LogP contribution in [-0.4, -0.2) is 82.5 Å². The topological polar surface area (TPSA) is 81.7 Å². The van der Waals surface area contributed by atoms with Crippen molar-refractivity contribution in [2.24, 2.45) is 0 Å². The van der Waals surface area contributed by atoms with E-state index in [1.807, 2.05) is 36.1 Å². The van der Waals surface area contributed by atoms with Crippen molar-refractivity contribution in [3.05, 3.63) is 45.4 Å². The van der Waals surface area contributed by atoms with Crippen molar-refractivity contribution in [1.29, 1.82) is 0 Å². The van der Waals surface area contributed by atoms with Crippen LogP contribution in [0.1, 0.15) is 38.8 Å². The Bertz CT molecular complexity index is 886. The van der Waals surface area contributed by atoms with E-state index in [-0.39, 0.29) is 11.8 Å². The number of likely N-dealkylation sites (tertiary alicyclic amines) is 1. The van der Waals surface area contributed by atoms with Gasteiger partial charge in [-0.25, -0.2) is 0 Å². The van der Waals surface area contributed by atoms with E-state index in [1.54, 1.807) is 0 Å². The third-order valence-corrected chi connectivity index (χ3v) is 6.78. The maximum Gasteiger partial charge on any atom is 0.282 e. The summed E-state index contributed by atoms with van der Waals surface area (Å²) in [4.78, 5) is 31.2. The molecule has 2 amide bonds. The minimum atomic E-state index is -0.186. The second-order valence-corrected chi connectivity index (χ2v) is 9.37. The molecule has 0 atom stereocenters. The first kappa shape index (κ1) is 21.9. The van der Waals surface area contributed by atoms with Gasteiger partial charge in [-0.05, 0) is 25.3 Å². The van der Waals surface area contributed by atoms with E-state index in [2.05, 4.69) is 25.3 Å². The van der Waals surface area contributed by atoms with Crippen molar-refractivity contribution in [2.75, 3.05) is 45.8 Å². The summed E-state index contributed by atoms with van der Waals surface area (Å²) in [5.74, 6) is 0.0749. The molecule has 2 fully saturated rings. The van der Waals surface area contributed by atoms with E-state index in [0.29, 0.717) is 24.6 Å². The van der Waals surface area contributed by atoms with Gasteiger partial charge in [-0.3, -0.25) is 19.4 Å². The number of hydrogen-bond acceptors (Lipinski definition) is 7. The molecule has 166 valence electrons. The van der Waals surface area contributed by atoms with Crippen molar-refractivity contribution < 1.29 is 9.59 Å². The van der Waals surface area contributed by atoms with Gasteiger partial charge in [0.05, 0.1) is 13.1 Å². The highest BCUT2D eigenvalue weighted by atomic mass is 32.1. The fourth-order valence-corrected chi connectivity index (χ4v) is 4.73. The summed E-state index contributed by atoms with van der Waals surface area (Å²) >= 11 is 1.35. The molecule has 4 rings (SSSR count). The Labute approximate surface area is 187 Å². The van der Waals surface area contributed by atoms with Crippen molar-refractivity contribution >= 4 is 23.2 Å². The van der Waals surface area contributed by atoms with Gasteiger partial charge in [0, 0.05) is 45.8 Å². The lowest BCUT2D eigenvalue weighted by Gasteiger charge is -2.34. The maximum absolute atomic E-state index is 12.4. The number of nitrogens with one attached hydrogen (secondary N) is 1. The lowest BCUT2D eigenvalue weighted by atomic mass is 10.1. The van der Waals surface area contributed by atoms with Crippen molar-refractivity contribution in [3.8, 4) is 0 Å². The predicted molar refractivity (Wildman–Crippen MR) is 120 cm³/mol. The summed E-state index contributed by atoms with van der Waals surface area (Å²) < 4.78 is 0. The van der Waals surface area contributed by atoms with Crippen LogP contribution in [0, 0.1) is 6.92 Å². The Morgan fingerprint density at radius 2 is 1.65 bits per heavy atom. The molecular weight excluding hydrogens is 412 g/mol. The standard InChI is InChI=1S/C22H30N6O2S/c1-17-4-6-18(7-5-17)14-23-21(30)22-25-24-19(31-22)15-26-10-12-27(13-11-26)16-20(29)28-8-2-3-9-28/h4-7H,2-3,8-16H2,1H3,(H,23,30). The molecule has 0 unspecified atom stereocenters. The van der Waals surface area contributed by atoms with Crippen LogP contribution in [0.25, 0.3) is 0 Å². The van der Waals surface area contributed by atoms with Crippen LogP contribution in [0.4, 0.5) is 0 Å². The first-order valence-electron chi connectivity index (χ1n) is 11.0. The minimum Gasteiger partial charge on any atom is -0.346 e. The van der Waals surface area contributed by atoms with E-state index < -0.39 is 0 Å². The third kappa shape index (κ3) is 6.09. The van der Waals surface area contributed by atoms with Crippen molar-refractivity contribution in [3.63, 3.8) is 0 Å². The lowest BCUT2D eigenvalue weighted by Crippen LogP contribution is -2.49. The average molecular weight is 443 g/mol. The number of nitrogens with zero attached hydrogens (tertiary/aromatic N) is 5. The first-order chi connectivity index (χ1) is 15.1. The molecule has 0 radical (unpaired) electrons. The number of rotatable bonds is 7. The molecule has 2 aromatic rings. The van der Waals surface area contributed by atoms with Gasteiger partial charge in [-0.2, -0.15) is 0 Å². The Morgan fingerprint density at radius 1 is 0.968 bits per heavy atom. The number of aromatic nitrogens is 2. The molecule has 8 nitrogen and oxygen atoms in total. The molecule has 0 aliphatic carbocycles. The van der Waals surface area contributed by atoms with Gasteiger partial charge < -0.3 is 10.2 Å². The summed E-state index contributed by atoms with van der Waals surface area (Å²) in [7, 11) is 0. The molecule has 3 heterocycles. The van der Waals surface area contributed by atoms with Gasteiger partial charge in [0.15, 0.2) is 0 Å². The van der Waals surface area contributed by atoms with Gasteiger partial charge in [0.25, 0.3) is 5.91 Å². The van der Waals surface area contributed by atoms with Crippen LogP contribution in [0.2, 0.25) is 0 Å². The third-order valence-electron chi connectivity index (χ3n) is 5.88. The molecule has 9 heteroatoms. The molecular formula is C22H30N6O2S. The molecule has 1 aromatic carbocycles. The van der Waals surface area contributed by atoms with Crippen LogP contribution in [0.15, 0.2) is 24.3 Å². The molecule has 0 spiro atoms. The van der Waals surface area contributed by atoms with Crippen molar-refractivity contribution in [1.82, 2.24) is 30.2 Å². The SMILES string of the molecule is Cc1ccc(CNC(=O)c2nnc(CN3CCN(CC(=O)N4CCCC4)CC3)s2)cc1. The quantitative estimate of drug-likeness (QED) is 0.700. The highest BCUT2D eigenvalue weighted by Gasteiger charge is 2.24. The van der Waals surface area contributed by atoms with E-state index >= 15 is 0 Å². The van der Waals surface area contributed by atoms with Crippen LogP contribution < -0.4 is 5.32 Å². The maximum atomic E-state index is 12.4. The van der Waals surface area contributed by atoms with E-state index in [1.165, 1.54) is 16.9 Å². The highest BCUT2D eigenvalue weighted by molar-refractivity contribution is 7.13. The van der Waals surface area contributed by atoms with Crippen molar-refractivity contribution in [2.45, 2.75) is 32.9 Å². The van der Waals surface area contributed by atoms with E-state index in [9.17, 15) is 9.59 Å². The van der Waals surface area contributed by atoms with Gasteiger partial charge in [-0.1, -0.05) is 41.2 Å². The number of carbonyl (C=O) groups is 2. The summed E-state index contributed by atoms with van der Waals surface area (Å²) in [5.41, 5.74) is 2.26. The molecule has 2 saturated heterocycles. The Morgan fingerprint density at radius 3 is 2.35 bits per heavy atom. The molecule has 1 N–H and O–H groups in total. The smallest absolute Gasteiger partial charge is 0.282 e. The molecule has 1 aromatic heterocycles. The summed E-state index contributed by atoms with van der Waals surface area (Å²) in [6.45, 7) is 9.10. The second kappa shape index (κ2) is 10.3. The second-order valence-electron chi connectivity index (χ2n) is 8.31. The Kier molecular flexibility index (Phi) is 7.26. The zero-order chi connectivity index (χ0) is 21.6. The van der Waals surface area contributed by atoms with Crippen LogP contribution >= 0.6 is 11.3 Å². The monoisotopic (exact) mass is 442 g/mol. The summed E-state index contributed by atoms with van der Waals surface area (Å²) in [6, 6.07) is 8.10. The molecule has 2 aliphatic rings. The number of benzene rings is 1. The number of hydrogen-bond donors (Lipinski definition) is 1. The van der Waals surface area contributed by atoms with Gasteiger partial charge in [0.2, 0.25) is 10.9 Å². The zero-order valence-electron chi connectivity index (χ0n) is 18.0. The van der Waals surface area contributed by atoms with Gasteiger partial charge >= 0.3 is 0 Å². The number of carbonyl (C=O) groups excluding carboxylic acids is 2. The van der Waals surface area contributed by atoms with E-state index in [0.717, 1.165) is 62.7 Å². The molecule has 0 saturated carbocycles. The largest absolute Gasteiger partial charge is 0.346 e. The predicted octanol–water partition coefficient (Wildman–Crippen LogP) is 1.52. The Hall–Kier alpha value is -2.36. The lowest BCUT2D eigenvalue weighted by molar-refractivity contribution is -0.131. The molecule has 2 aliphatic heterocycles. The first-order valence-corrected chi connectivity index (χ1v) is 11.8. The Balaban J connectivity index is 1.19. The fourth-order valence-electron chi connectivity index (χ4n) is 3.93. The fraction of sp³-hybridized carbons (Fsp3) is 0.545. The van der Waals surface area contributed by atoms with Crippen LogP contribution in [0.3, 0.4) is 0 Å². The van der Waals surface area contributed by atoms with Crippen LogP contribution in [-0.2, 0) is 17.9 Å². The average Bonchev–Trinajstić information content (AvgIpc) is 3.47. The molecule has 0 bridgehead atoms. The van der Waals surface area contributed by atoms with Gasteiger partial charge in [0.1, 0.15) is 5.01 Å². The molecule has 31 heavy (non-hydrogen) atoms. The zero-order valence-corrected chi connectivity index (χ0v) is 18.9. The summed E-state index contributed by atoms with van der Waals surface area (Å²) in [5, 5.41) is 12.4. The normalized spacial score (nSPS) is 17.8. The summed E-state index contributed by atoms with van der Waals surface area (Å²) in [6.07, 6.45) is 2.26. The highest BCUT2D eigenvalue weighted by Crippen LogP contribution is 2.15. The number of piperazine rings is 1. The minimum absolute atomic E-state index is 0.186. The number of aryl methyl sites for hydroxylation is 1.